The van der Waals surface area contributed by atoms with Crippen molar-refractivity contribution in [3.63, 3.8) is 0 Å². The first-order valence-electron chi connectivity index (χ1n) is 6.42. The minimum absolute atomic E-state index is 0.854. The summed E-state index contributed by atoms with van der Waals surface area (Å²) in [6, 6.07) is 2.08. The van der Waals surface area contributed by atoms with E-state index in [1.165, 1.54) is 0 Å². The van der Waals surface area contributed by atoms with E-state index in [4.69, 9.17) is 4.74 Å². The number of nitrogens with zero attached hydrogens (tertiary/aromatic N) is 2. The van der Waals surface area contributed by atoms with Gasteiger partial charge in [0.05, 0.1) is 11.1 Å². The van der Waals surface area contributed by atoms with Gasteiger partial charge in [0.2, 0.25) is 0 Å². The van der Waals surface area contributed by atoms with Crippen LogP contribution in [0, 0.1) is 6.92 Å². The summed E-state index contributed by atoms with van der Waals surface area (Å²) in [5.41, 5.74) is 1.16. The lowest BCUT2D eigenvalue weighted by Crippen LogP contribution is -2.31. The van der Waals surface area contributed by atoms with Crippen LogP contribution in [0.3, 0.4) is 0 Å². The second-order valence-corrected chi connectivity index (χ2v) is 5.43. The highest BCUT2D eigenvalue weighted by Gasteiger charge is 2.08. The van der Waals surface area contributed by atoms with Crippen LogP contribution < -0.4 is 5.32 Å². The number of pyridine rings is 1. The van der Waals surface area contributed by atoms with E-state index in [-0.39, 0.29) is 0 Å². The molecule has 1 N–H and O–H groups in total. The second kappa shape index (κ2) is 7.07. The van der Waals surface area contributed by atoms with E-state index in [0.29, 0.717) is 0 Å². The van der Waals surface area contributed by atoms with Gasteiger partial charge < -0.3 is 10.1 Å². The molecule has 2 rings (SSSR count). The fourth-order valence-corrected chi connectivity index (χ4v) is 2.62. The van der Waals surface area contributed by atoms with Crippen molar-refractivity contribution in [3.05, 3.63) is 22.3 Å². The van der Waals surface area contributed by atoms with Gasteiger partial charge in [-0.25, -0.2) is 4.98 Å². The zero-order chi connectivity index (χ0) is 12.8. The Balaban J connectivity index is 1.77. The van der Waals surface area contributed by atoms with Gasteiger partial charge in [-0.1, -0.05) is 0 Å². The zero-order valence-corrected chi connectivity index (χ0v) is 12.4. The molecule has 1 aliphatic heterocycles. The van der Waals surface area contributed by atoms with Crippen LogP contribution in [0.25, 0.3) is 0 Å². The summed E-state index contributed by atoms with van der Waals surface area (Å²) in [5.74, 6) is 0.923. The monoisotopic (exact) mass is 313 g/mol. The van der Waals surface area contributed by atoms with Crippen LogP contribution in [0.2, 0.25) is 0 Å². The minimum atomic E-state index is 0.854. The first-order valence-corrected chi connectivity index (χ1v) is 7.21. The van der Waals surface area contributed by atoms with Gasteiger partial charge in [0.25, 0.3) is 0 Å². The highest BCUT2D eigenvalue weighted by molar-refractivity contribution is 9.10. The molecule has 1 fully saturated rings. The summed E-state index contributed by atoms with van der Waals surface area (Å²) in [4.78, 5) is 6.81. The van der Waals surface area contributed by atoms with Crippen molar-refractivity contribution in [3.8, 4) is 0 Å². The Morgan fingerprint density at radius 1 is 1.44 bits per heavy atom. The number of ether oxygens (including phenoxy) is 1. The van der Waals surface area contributed by atoms with Crippen molar-refractivity contribution in [2.45, 2.75) is 13.3 Å². The summed E-state index contributed by atoms with van der Waals surface area (Å²) < 4.78 is 6.47. The van der Waals surface area contributed by atoms with E-state index in [9.17, 15) is 0 Å². The molecule has 1 aromatic heterocycles. The van der Waals surface area contributed by atoms with Crippen molar-refractivity contribution < 1.29 is 4.74 Å². The topological polar surface area (TPSA) is 37.4 Å². The summed E-state index contributed by atoms with van der Waals surface area (Å²) in [5, 5.41) is 3.37. The third-order valence-corrected chi connectivity index (χ3v) is 3.62. The lowest BCUT2D eigenvalue weighted by molar-refractivity contribution is 0.142. The molecule has 0 atom stereocenters. The molecular formula is C13H20BrN3O. The number of aromatic nitrogens is 1. The molecule has 2 heterocycles. The SMILES string of the molecule is Cc1cnc(NCCN2CCCOCC2)c(Br)c1. The maximum atomic E-state index is 5.44. The Kier molecular flexibility index (Phi) is 5.41. The Bertz CT molecular complexity index is 378. The maximum Gasteiger partial charge on any atom is 0.140 e. The van der Waals surface area contributed by atoms with Crippen LogP contribution in [0.5, 0.6) is 0 Å². The third kappa shape index (κ3) is 4.23. The highest BCUT2D eigenvalue weighted by Crippen LogP contribution is 2.20. The summed E-state index contributed by atoms with van der Waals surface area (Å²) in [6.45, 7) is 7.90. The molecular weight excluding hydrogens is 294 g/mol. The molecule has 4 nitrogen and oxygen atoms in total. The molecule has 5 heteroatoms. The number of aryl methyl sites for hydroxylation is 1. The van der Waals surface area contributed by atoms with Crippen molar-refractivity contribution in [1.82, 2.24) is 9.88 Å². The first kappa shape index (κ1) is 13.8. The number of hydrogen-bond acceptors (Lipinski definition) is 4. The van der Waals surface area contributed by atoms with E-state index in [1.807, 2.05) is 13.1 Å². The minimum Gasteiger partial charge on any atom is -0.380 e. The van der Waals surface area contributed by atoms with Gasteiger partial charge in [-0.05, 0) is 40.9 Å². The maximum absolute atomic E-state index is 5.44. The fourth-order valence-electron chi connectivity index (χ4n) is 2.02. The van der Waals surface area contributed by atoms with Crippen LogP contribution in [0.4, 0.5) is 5.82 Å². The van der Waals surface area contributed by atoms with Gasteiger partial charge >= 0.3 is 0 Å². The quantitative estimate of drug-likeness (QED) is 0.925. The molecule has 1 saturated heterocycles. The van der Waals surface area contributed by atoms with Crippen molar-refractivity contribution in [1.29, 1.82) is 0 Å². The normalized spacial score (nSPS) is 17.4. The molecule has 0 amide bonds. The van der Waals surface area contributed by atoms with Crippen molar-refractivity contribution in [2.75, 3.05) is 44.7 Å². The molecule has 18 heavy (non-hydrogen) atoms. The lowest BCUT2D eigenvalue weighted by atomic mass is 10.3. The van der Waals surface area contributed by atoms with Crippen LogP contribution in [-0.4, -0.2) is 49.3 Å². The number of nitrogens with one attached hydrogen (secondary N) is 1. The first-order chi connectivity index (χ1) is 8.75. The van der Waals surface area contributed by atoms with Crippen LogP contribution in [0.15, 0.2) is 16.7 Å². The molecule has 1 aliphatic rings. The molecule has 0 unspecified atom stereocenters. The van der Waals surface area contributed by atoms with Gasteiger partial charge in [0, 0.05) is 39.0 Å². The number of halogens is 1. The van der Waals surface area contributed by atoms with E-state index < -0.39 is 0 Å². The van der Waals surface area contributed by atoms with Crippen LogP contribution in [-0.2, 0) is 4.74 Å². The molecule has 0 aromatic carbocycles. The molecule has 100 valence electrons. The van der Waals surface area contributed by atoms with E-state index in [1.54, 1.807) is 0 Å². The van der Waals surface area contributed by atoms with Crippen LogP contribution >= 0.6 is 15.9 Å². The summed E-state index contributed by atoms with van der Waals surface area (Å²) in [6.07, 6.45) is 3.01. The Labute approximate surface area is 117 Å². The highest BCUT2D eigenvalue weighted by atomic mass is 79.9. The largest absolute Gasteiger partial charge is 0.380 e. The summed E-state index contributed by atoms with van der Waals surface area (Å²) >= 11 is 3.53. The van der Waals surface area contributed by atoms with E-state index >= 15 is 0 Å². The van der Waals surface area contributed by atoms with Gasteiger partial charge in [-0.15, -0.1) is 0 Å². The summed E-state index contributed by atoms with van der Waals surface area (Å²) in [7, 11) is 0. The second-order valence-electron chi connectivity index (χ2n) is 4.58. The molecule has 0 radical (unpaired) electrons. The van der Waals surface area contributed by atoms with Gasteiger partial charge in [-0.3, -0.25) is 4.90 Å². The smallest absolute Gasteiger partial charge is 0.140 e. The Morgan fingerprint density at radius 2 is 2.33 bits per heavy atom. The fraction of sp³-hybridized carbons (Fsp3) is 0.615. The molecule has 0 bridgehead atoms. The number of hydrogen-bond donors (Lipinski definition) is 1. The number of rotatable bonds is 4. The van der Waals surface area contributed by atoms with E-state index in [0.717, 1.165) is 61.7 Å². The Hall–Kier alpha value is -0.650. The predicted octanol–water partition coefficient (Wildman–Crippen LogP) is 2.29. The molecule has 0 saturated carbocycles. The average Bonchev–Trinajstić information content (AvgIpc) is 2.60. The van der Waals surface area contributed by atoms with Crippen molar-refractivity contribution >= 4 is 21.7 Å². The standard InChI is InChI=1S/C13H20BrN3O/c1-11-9-12(14)13(16-10-11)15-3-5-17-4-2-7-18-8-6-17/h9-10H,2-8H2,1H3,(H,15,16). The van der Waals surface area contributed by atoms with Crippen molar-refractivity contribution in [2.24, 2.45) is 0 Å². The van der Waals surface area contributed by atoms with Gasteiger partial charge in [0.15, 0.2) is 0 Å². The molecule has 0 aliphatic carbocycles. The van der Waals surface area contributed by atoms with Gasteiger partial charge in [0.1, 0.15) is 5.82 Å². The molecule has 0 spiro atoms. The Morgan fingerprint density at radius 3 is 3.17 bits per heavy atom. The number of anilines is 1. The third-order valence-electron chi connectivity index (χ3n) is 3.01. The average molecular weight is 314 g/mol. The lowest BCUT2D eigenvalue weighted by Gasteiger charge is -2.19. The van der Waals surface area contributed by atoms with Crippen LogP contribution in [0.1, 0.15) is 12.0 Å². The predicted molar refractivity (Wildman–Crippen MR) is 77.0 cm³/mol. The molecule has 1 aromatic rings. The zero-order valence-electron chi connectivity index (χ0n) is 10.8. The van der Waals surface area contributed by atoms with Gasteiger partial charge in [-0.2, -0.15) is 0 Å². The van der Waals surface area contributed by atoms with E-state index in [2.05, 4.69) is 37.2 Å².